The minimum atomic E-state index is -0.0312. The van der Waals surface area contributed by atoms with Crippen molar-refractivity contribution in [2.45, 2.75) is 19.4 Å². The van der Waals surface area contributed by atoms with E-state index in [0.717, 1.165) is 32.6 Å². The number of benzene rings is 2. The average molecular weight is 366 g/mol. The quantitative estimate of drug-likeness (QED) is 0.819. The standard InChI is InChI=1S/C23H31N3O/c1-19(17-20-9-5-3-6-10-20)23(27)24-18-22(21-11-7-4-8-12-21)26-15-13-25(2)14-16-26/h3-12,19,22H,13-18H2,1-2H3,(H,24,27). The molecule has 0 spiro atoms. The van der Waals surface area contributed by atoms with Crippen LogP contribution in [0.5, 0.6) is 0 Å². The maximum Gasteiger partial charge on any atom is 0.223 e. The summed E-state index contributed by atoms with van der Waals surface area (Å²) in [6, 6.07) is 21.0. The number of carbonyl (C=O) groups is 1. The number of piperazine rings is 1. The summed E-state index contributed by atoms with van der Waals surface area (Å²) in [6.45, 7) is 6.88. The second-order valence-corrected chi connectivity index (χ2v) is 7.60. The first-order chi connectivity index (χ1) is 13.1. The Bertz CT molecular complexity index is 696. The summed E-state index contributed by atoms with van der Waals surface area (Å²) < 4.78 is 0. The van der Waals surface area contributed by atoms with Gasteiger partial charge in [-0.25, -0.2) is 0 Å². The van der Waals surface area contributed by atoms with Crippen molar-refractivity contribution in [2.75, 3.05) is 39.8 Å². The average Bonchev–Trinajstić information content (AvgIpc) is 2.71. The van der Waals surface area contributed by atoms with E-state index in [4.69, 9.17) is 0 Å². The number of carbonyl (C=O) groups excluding carboxylic acids is 1. The Morgan fingerprint density at radius 3 is 2.19 bits per heavy atom. The first kappa shape index (κ1) is 19.6. The third-order valence-electron chi connectivity index (χ3n) is 5.46. The van der Waals surface area contributed by atoms with Crippen molar-refractivity contribution in [3.05, 3.63) is 71.8 Å². The molecule has 1 fully saturated rings. The first-order valence-corrected chi connectivity index (χ1v) is 9.92. The molecule has 1 aliphatic rings. The molecule has 3 rings (SSSR count). The molecule has 2 aromatic rings. The Balaban J connectivity index is 1.61. The monoisotopic (exact) mass is 365 g/mol. The fourth-order valence-corrected chi connectivity index (χ4v) is 3.70. The molecule has 0 aromatic heterocycles. The molecule has 0 saturated carbocycles. The Morgan fingerprint density at radius 1 is 0.963 bits per heavy atom. The molecular formula is C23H31N3O. The SMILES string of the molecule is CC(Cc1ccccc1)C(=O)NCC(c1ccccc1)N1CCN(C)CC1. The summed E-state index contributed by atoms with van der Waals surface area (Å²) in [5.74, 6) is 0.102. The number of rotatable bonds is 7. The summed E-state index contributed by atoms with van der Waals surface area (Å²) in [7, 11) is 2.17. The van der Waals surface area contributed by atoms with E-state index in [1.54, 1.807) is 0 Å². The Kier molecular flexibility index (Phi) is 7.02. The molecule has 0 radical (unpaired) electrons. The van der Waals surface area contributed by atoms with E-state index in [9.17, 15) is 4.79 Å². The molecule has 1 amide bonds. The van der Waals surface area contributed by atoms with Crippen LogP contribution < -0.4 is 5.32 Å². The van der Waals surface area contributed by atoms with Gasteiger partial charge in [-0.2, -0.15) is 0 Å². The molecule has 2 atom stereocenters. The number of nitrogens with zero attached hydrogens (tertiary/aromatic N) is 2. The van der Waals surface area contributed by atoms with E-state index in [-0.39, 0.29) is 17.9 Å². The Labute approximate surface area is 163 Å². The molecular weight excluding hydrogens is 334 g/mol. The van der Waals surface area contributed by atoms with Gasteiger partial charge >= 0.3 is 0 Å². The minimum absolute atomic E-state index is 0.0312. The van der Waals surface area contributed by atoms with E-state index in [1.807, 2.05) is 31.2 Å². The van der Waals surface area contributed by atoms with Gasteiger partial charge in [-0.3, -0.25) is 9.69 Å². The van der Waals surface area contributed by atoms with Crippen LogP contribution in [0.1, 0.15) is 24.1 Å². The molecule has 1 aliphatic heterocycles. The van der Waals surface area contributed by atoms with Gasteiger partial charge < -0.3 is 10.2 Å². The highest BCUT2D eigenvalue weighted by Crippen LogP contribution is 2.21. The summed E-state index contributed by atoms with van der Waals surface area (Å²) >= 11 is 0. The summed E-state index contributed by atoms with van der Waals surface area (Å²) in [6.07, 6.45) is 0.775. The molecule has 0 aliphatic carbocycles. The van der Waals surface area contributed by atoms with Crippen molar-refractivity contribution in [1.82, 2.24) is 15.1 Å². The Morgan fingerprint density at radius 2 is 1.56 bits per heavy atom. The van der Waals surface area contributed by atoms with Gasteiger partial charge in [0.1, 0.15) is 0 Å². The highest BCUT2D eigenvalue weighted by Gasteiger charge is 2.25. The van der Waals surface area contributed by atoms with Crippen molar-refractivity contribution >= 4 is 5.91 Å². The minimum Gasteiger partial charge on any atom is -0.354 e. The zero-order valence-corrected chi connectivity index (χ0v) is 16.5. The van der Waals surface area contributed by atoms with E-state index in [2.05, 4.69) is 58.6 Å². The van der Waals surface area contributed by atoms with Gasteiger partial charge in [-0.15, -0.1) is 0 Å². The van der Waals surface area contributed by atoms with Crippen LogP contribution in [0.4, 0.5) is 0 Å². The zero-order valence-electron chi connectivity index (χ0n) is 16.5. The van der Waals surface area contributed by atoms with E-state index in [0.29, 0.717) is 6.54 Å². The van der Waals surface area contributed by atoms with Gasteiger partial charge in [-0.05, 0) is 24.6 Å². The smallest absolute Gasteiger partial charge is 0.223 e. The maximum absolute atomic E-state index is 12.7. The van der Waals surface area contributed by atoms with Gasteiger partial charge in [0.15, 0.2) is 0 Å². The lowest BCUT2D eigenvalue weighted by Gasteiger charge is -2.38. The Hall–Kier alpha value is -2.17. The van der Waals surface area contributed by atoms with Crippen molar-refractivity contribution in [2.24, 2.45) is 5.92 Å². The van der Waals surface area contributed by atoms with E-state index < -0.39 is 0 Å². The van der Waals surface area contributed by atoms with E-state index in [1.165, 1.54) is 11.1 Å². The van der Waals surface area contributed by atoms with Gasteiger partial charge in [0, 0.05) is 38.6 Å². The van der Waals surface area contributed by atoms with Crippen LogP contribution in [-0.4, -0.2) is 55.5 Å². The summed E-state index contributed by atoms with van der Waals surface area (Å²) in [4.78, 5) is 17.5. The van der Waals surface area contributed by atoms with Gasteiger partial charge in [0.2, 0.25) is 5.91 Å². The molecule has 2 unspecified atom stereocenters. The van der Waals surface area contributed by atoms with Crippen molar-refractivity contribution in [3.63, 3.8) is 0 Å². The summed E-state index contributed by atoms with van der Waals surface area (Å²) in [5, 5.41) is 3.22. The summed E-state index contributed by atoms with van der Waals surface area (Å²) in [5.41, 5.74) is 2.48. The lowest BCUT2D eigenvalue weighted by Crippen LogP contribution is -2.48. The lowest BCUT2D eigenvalue weighted by molar-refractivity contribution is -0.124. The van der Waals surface area contributed by atoms with Crippen LogP contribution in [0, 0.1) is 5.92 Å². The predicted octanol–water partition coefficient (Wildman–Crippen LogP) is 2.97. The first-order valence-electron chi connectivity index (χ1n) is 9.92. The second kappa shape index (κ2) is 9.67. The fourth-order valence-electron chi connectivity index (χ4n) is 3.70. The number of nitrogens with one attached hydrogen (secondary N) is 1. The van der Waals surface area contributed by atoms with Crippen molar-refractivity contribution < 1.29 is 4.79 Å². The van der Waals surface area contributed by atoms with E-state index >= 15 is 0 Å². The van der Waals surface area contributed by atoms with Crippen molar-refractivity contribution in [1.29, 1.82) is 0 Å². The maximum atomic E-state index is 12.7. The fraction of sp³-hybridized carbons (Fsp3) is 0.435. The largest absolute Gasteiger partial charge is 0.354 e. The van der Waals surface area contributed by atoms with Crippen LogP contribution in [0.15, 0.2) is 60.7 Å². The normalized spacial score (nSPS) is 18.0. The molecule has 27 heavy (non-hydrogen) atoms. The highest BCUT2D eigenvalue weighted by atomic mass is 16.1. The highest BCUT2D eigenvalue weighted by molar-refractivity contribution is 5.78. The topological polar surface area (TPSA) is 35.6 Å². The second-order valence-electron chi connectivity index (χ2n) is 7.60. The van der Waals surface area contributed by atoms with Crippen LogP contribution in [0.3, 0.4) is 0 Å². The molecule has 4 heteroatoms. The van der Waals surface area contributed by atoms with Gasteiger partial charge in [-0.1, -0.05) is 67.6 Å². The van der Waals surface area contributed by atoms with Crippen LogP contribution in [-0.2, 0) is 11.2 Å². The van der Waals surface area contributed by atoms with Crippen LogP contribution in [0.2, 0.25) is 0 Å². The molecule has 1 saturated heterocycles. The number of hydrogen-bond acceptors (Lipinski definition) is 3. The molecule has 144 valence electrons. The number of hydrogen-bond donors (Lipinski definition) is 1. The number of likely N-dealkylation sites (N-methyl/N-ethyl adjacent to an activating group) is 1. The zero-order chi connectivity index (χ0) is 19.1. The van der Waals surface area contributed by atoms with Crippen LogP contribution in [0.25, 0.3) is 0 Å². The molecule has 1 heterocycles. The molecule has 2 aromatic carbocycles. The predicted molar refractivity (Wildman–Crippen MR) is 111 cm³/mol. The lowest BCUT2D eigenvalue weighted by atomic mass is 9.99. The molecule has 4 nitrogen and oxygen atoms in total. The van der Waals surface area contributed by atoms with Crippen LogP contribution >= 0.6 is 0 Å². The third-order valence-corrected chi connectivity index (χ3v) is 5.46. The van der Waals surface area contributed by atoms with Gasteiger partial charge in [0.05, 0.1) is 6.04 Å². The molecule has 0 bridgehead atoms. The third kappa shape index (κ3) is 5.65. The molecule has 1 N–H and O–H groups in total. The van der Waals surface area contributed by atoms with Crippen molar-refractivity contribution in [3.8, 4) is 0 Å². The van der Waals surface area contributed by atoms with Gasteiger partial charge in [0.25, 0.3) is 0 Å². The number of amides is 1.